The highest BCUT2D eigenvalue weighted by Crippen LogP contribution is 2.35. The quantitative estimate of drug-likeness (QED) is 0.801. The summed E-state index contributed by atoms with van der Waals surface area (Å²) < 4.78 is 1.14. The lowest BCUT2D eigenvalue weighted by Crippen LogP contribution is -2.06. The Labute approximate surface area is 120 Å². The van der Waals surface area contributed by atoms with Gasteiger partial charge in [0.25, 0.3) is 0 Å². The van der Waals surface area contributed by atoms with Gasteiger partial charge in [-0.2, -0.15) is 0 Å². The van der Waals surface area contributed by atoms with Crippen molar-refractivity contribution < 1.29 is 0 Å². The van der Waals surface area contributed by atoms with Crippen molar-refractivity contribution in [2.45, 2.75) is 18.9 Å². The number of anilines is 1. The summed E-state index contributed by atoms with van der Waals surface area (Å²) in [5.74, 6) is 0. The molecule has 1 aliphatic carbocycles. The third-order valence-corrected chi connectivity index (χ3v) is 4.08. The number of hydrogen-bond donors (Lipinski definition) is 1. The minimum atomic E-state index is 0.385. The first kappa shape index (κ1) is 12.1. The Kier molecular flexibility index (Phi) is 3.31. The second-order valence-electron chi connectivity index (χ2n) is 4.59. The first-order chi connectivity index (χ1) is 8.72. The van der Waals surface area contributed by atoms with Crippen molar-refractivity contribution in [2.75, 3.05) is 5.32 Å². The maximum atomic E-state index is 6.01. The molecular weight excluding hydrogens is 310 g/mol. The van der Waals surface area contributed by atoms with E-state index in [-0.39, 0.29) is 0 Å². The minimum Gasteiger partial charge on any atom is -0.378 e. The molecule has 18 heavy (non-hydrogen) atoms. The fraction of sp³-hybridized carbons (Fsp3) is 0.200. The Hall–Kier alpha value is -0.990. The molecule has 1 nitrogen and oxygen atoms in total. The van der Waals surface area contributed by atoms with Gasteiger partial charge in [-0.05, 0) is 54.3 Å². The second-order valence-corrected chi connectivity index (χ2v) is 5.94. The van der Waals surface area contributed by atoms with E-state index in [9.17, 15) is 0 Å². The molecule has 3 rings (SSSR count). The highest BCUT2D eigenvalue weighted by molar-refractivity contribution is 9.10. The van der Waals surface area contributed by atoms with E-state index in [1.807, 2.05) is 18.2 Å². The SMILES string of the molecule is Clc1cccc(NC2CCc3ccc(Br)cc32)c1. The molecule has 1 atom stereocenters. The van der Waals surface area contributed by atoms with Crippen LogP contribution in [0.2, 0.25) is 5.02 Å². The van der Waals surface area contributed by atoms with Crippen LogP contribution >= 0.6 is 27.5 Å². The Morgan fingerprint density at radius 1 is 1.17 bits per heavy atom. The molecular formula is C15H13BrClN. The van der Waals surface area contributed by atoms with Gasteiger partial charge in [-0.25, -0.2) is 0 Å². The Balaban J connectivity index is 1.86. The van der Waals surface area contributed by atoms with Crippen LogP contribution in [0.4, 0.5) is 5.69 Å². The number of hydrogen-bond acceptors (Lipinski definition) is 1. The first-order valence-corrected chi connectivity index (χ1v) is 7.20. The van der Waals surface area contributed by atoms with Gasteiger partial charge in [0.05, 0.1) is 6.04 Å². The topological polar surface area (TPSA) is 12.0 Å². The Morgan fingerprint density at radius 2 is 2.06 bits per heavy atom. The van der Waals surface area contributed by atoms with Gasteiger partial charge in [-0.15, -0.1) is 0 Å². The van der Waals surface area contributed by atoms with E-state index in [0.717, 1.165) is 28.0 Å². The van der Waals surface area contributed by atoms with Crippen LogP contribution in [0.1, 0.15) is 23.6 Å². The summed E-state index contributed by atoms with van der Waals surface area (Å²) in [4.78, 5) is 0. The van der Waals surface area contributed by atoms with Crippen LogP contribution in [-0.2, 0) is 6.42 Å². The van der Waals surface area contributed by atoms with Crippen LogP contribution in [0.3, 0.4) is 0 Å². The maximum absolute atomic E-state index is 6.01. The van der Waals surface area contributed by atoms with Gasteiger partial charge in [0.2, 0.25) is 0 Å². The summed E-state index contributed by atoms with van der Waals surface area (Å²) in [5, 5.41) is 4.33. The highest BCUT2D eigenvalue weighted by atomic mass is 79.9. The van der Waals surface area contributed by atoms with E-state index >= 15 is 0 Å². The number of fused-ring (bicyclic) bond motifs is 1. The van der Waals surface area contributed by atoms with Crippen LogP contribution in [0.5, 0.6) is 0 Å². The number of aryl methyl sites for hydroxylation is 1. The van der Waals surface area contributed by atoms with Gasteiger partial charge in [-0.3, -0.25) is 0 Å². The van der Waals surface area contributed by atoms with E-state index < -0.39 is 0 Å². The van der Waals surface area contributed by atoms with Crippen molar-refractivity contribution in [2.24, 2.45) is 0 Å². The average Bonchev–Trinajstić information content (AvgIpc) is 2.72. The van der Waals surface area contributed by atoms with E-state index in [2.05, 4.69) is 45.5 Å². The van der Waals surface area contributed by atoms with E-state index in [1.165, 1.54) is 11.1 Å². The lowest BCUT2D eigenvalue weighted by molar-refractivity contribution is 0.762. The molecule has 0 bridgehead atoms. The molecule has 0 saturated carbocycles. The van der Waals surface area contributed by atoms with Gasteiger partial charge in [-0.1, -0.05) is 39.7 Å². The smallest absolute Gasteiger partial charge is 0.0520 e. The second kappa shape index (κ2) is 4.94. The lowest BCUT2D eigenvalue weighted by Gasteiger charge is -2.16. The number of rotatable bonds is 2. The first-order valence-electron chi connectivity index (χ1n) is 6.03. The summed E-state index contributed by atoms with van der Waals surface area (Å²) in [7, 11) is 0. The van der Waals surface area contributed by atoms with Crippen molar-refractivity contribution in [3.63, 3.8) is 0 Å². The standard InChI is InChI=1S/C15H13BrClN/c16-11-6-4-10-5-7-15(14(10)8-11)18-13-3-1-2-12(17)9-13/h1-4,6,8-9,15,18H,5,7H2. The lowest BCUT2D eigenvalue weighted by atomic mass is 10.1. The fourth-order valence-electron chi connectivity index (χ4n) is 2.50. The largest absolute Gasteiger partial charge is 0.378 e. The van der Waals surface area contributed by atoms with Gasteiger partial charge in [0.15, 0.2) is 0 Å². The Morgan fingerprint density at radius 3 is 2.89 bits per heavy atom. The van der Waals surface area contributed by atoms with Crippen LogP contribution in [-0.4, -0.2) is 0 Å². The van der Waals surface area contributed by atoms with E-state index in [0.29, 0.717) is 6.04 Å². The highest BCUT2D eigenvalue weighted by Gasteiger charge is 2.22. The Bertz CT molecular complexity index is 582. The van der Waals surface area contributed by atoms with Gasteiger partial charge < -0.3 is 5.32 Å². The van der Waals surface area contributed by atoms with Crippen molar-refractivity contribution in [3.8, 4) is 0 Å². The molecule has 2 aromatic rings. The summed E-state index contributed by atoms with van der Waals surface area (Å²) in [6.07, 6.45) is 2.28. The molecule has 0 saturated heterocycles. The molecule has 0 amide bonds. The fourth-order valence-corrected chi connectivity index (χ4v) is 3.07. The van der Waals surface area contributed by atoms with Gasteiger partial charge in [0, 0.05) is 15.2 Å². The van der Waals surface area contributed by atoms with Crippen LogP contribution in [0.15, 0.2) is 46.9 Å². The van der Waals surface area contributed by atoms with Gasteiger partial charge in [0.1, 0.15) is 0 Å². The summed E-state index contributed by atoms with van der Waals surface area (Å²) >= 11 is 9.55. The third-order valence-electron chi connectivity index (χ3n) is 3.35. The predicted molar refractivity (Wildman–Crippen MR) is 80.3 cm³/mol. The van der Waals surface area contributed by atoms with Gasteiger partial charge >= 0.3 is 0 Å². The molecule has 92 valence electrons. The number of nitrogens with one attached hydrogen (secondary N) is 1. The van der Waals surface area contributed by atoms with Crippen LogP contribution in [0.25, 0.3) is 0 Å². The number of halogens is 2. The molecule has 0 spiro atoms. The molecule has 0 fully saturated rings. The summed E-state index contributed by atoms with van der Waals surface area (Å²) in [6, 6.07) is 14.8. The third kappa shape index (κ3) is 2.40. The molecule has 3 heteroatoms. The van der Waals surface area contributed by atoms with Crippen molar-refractivity contribution in [1.82, 2.24) is 0 Å². The monoisotopic (exact) mass is 321 g/mol. The van der Waals surface area contributed by atoms with Crippen molar-refractivity contribution >= 4 is 33.2 Å². The molecule has 0 aromatic heterocycles. The van der Waals surface area contributed by atoms with Crippen molar-refractivity contribution in [1.29, 1.82) is 0 Å². The zero-order chi connectivity index (χ0) is 12.5. The van der Waals surface area contributed by atoms with E-state index in [4.69, 9.17) is 11.6 Å². The normalized spacial score (nSPS) is 17.6. The molecule has 1 N–H and O–H groups in total. The molecule has 0 radical (unpaired) electrons. The molecule has 0 aliphatic heterocycles. The maximum Gasteiger partial charge on any atom is 0.0520 e. The molecule has 2 aromatic carbocycles. The van der Waals surface area contributed by atoms with Crippen LogP contribution < -0.4 is 5.32 Å². The average molecular weight is 323 g/mol. The summed E-state index contributed by atoms with van der Waals surface area (Å²) in [6.45, 7) is 0. The number of benzene rings is 2. The zero-order valence-electron chi connectivity index (χ0n) is 9.79. The van der Waals surface area contributed by atoms with E-state index in [1.54, 1.807) is 0 Å². The van der Waals surface area contributed by atoms with Crippen molar-refractivity contribution in [3.05, 3.63) is 63.1 Å². The minimum absolute atomic E-state index is 0.385. The molecule has 1 unspecified atom stereocenters. The van der Waals surface area contributed by atoms with Crippen LogP contribution in [0, 0.1) is 0 Å². The summed E-state index contributed by atoms with van der Waals surface area (Å²) in [5.41, 5.74) is 3.92. The molecule has 1 aliphatic rings. The zero-order valence-corrected chi connectivity index (χ0v) is 12.1. The molecule has 0 heterocycles. The predicted octanol–water partition coefficient (Wildman–Crippen LogP) is 5.20.